The fourth-order valence-electron chi connectivity index (χ4n) is 2.29. The van der Waals surface area contributed by atoms with Gasteiger partial charge in [-0.1, -0.05) is 0 Å². The molecule has 1 aliphatic carbocycles. The van der Waals surface area contributed by atoms with Crippen LogP contribution in [-0.4, -0.2) is 25.4 Å². The second-order valence-electron chi connectivity index (χ2n) is 4.31. The van der Waals surface area contributed by atoms with E-state index in [0.717, 1.165) is 19.3 Å². The van der Waals surface area contributed by atoms with Crippen molar-refractivity contribution in [1.29, 1.82) is 0 Å². The number of aliphatic imine (C=N–C) groups is 1. The van der Waals surface area contributed by atoms with Crippen molar-refractivity contribution < 1.29 is 19.4 Å². The Morgan fingerprint density at radius 3 is 2.39 bits per heavy atom. The molecular weight excluding hydrogens is 234 g/mol. The normalized spacial score (nSPS) is 16.3. The first-order chi connectivity index (χ1) is 8.66. The minimum Gasteiger partial charge on any atom is -0.504 e. The molecule has 0 heterocycles. The van der Waals surface area contributed by atoms with Crippen LogP contribution in [0.1, 0.15) is 24.8 Å². The minimum atomic E-state index is -0.600. The molecule has 1 N–H and O–H groups in total. The van der Waals surface area contributed by atoms with Gasteiger partial charge in [0.05, 0.1) is 14.2 Å². The Bertz CT molecular complexity index is 502. The van der Waals surface area contributed by atoms with Crippen molar-refractivity contribution >= 4 is 6.08 Å². The molecule has 0 saturated heterocycles. The number of rotatable bonds is 4. The summed E-state index contributed by atoms with van der Waals surface area (Å²) in [4.78, 5) is 14.5. The quantitative estimate of drug-likeness (QED) is 0.655. The summed E-state index contributed by atoms with van der Waals surface area (Å²) in [6.07, 6.45) is 4.11. The zero-order valence-corrected chi connectivity index (χ0v) is 10.4. The Balaban J connectivity index is 2.55. The van der Waals surface area contributed by atoms with Crippen molar-refractivity contribution in [3.63, 3.8) is 0 Å². The number of methoxy groups -OCH3 is 2. The third-order valence-corrected chi connectivity index (χ3v) is 3.44. The van der Waals surface area contributed by atoms with E-state index in [1.54, 1.807) is 18.2 Å². The standard InChI is InChI=1S/C13H15NO4/c1-17-11-7-12(18-2)10(16)6-9(11)13(14-8-15)4-3-5-13/h6-7,16H,3-5H2,1-2H3. The highest BCUT2D eigenvalue weighted by Gasteiger charge is 2.41. The van der Waals surface area contributed by atoms with Gasteiger partial charge in [-0.15, -0.1) is 0 Å². The number of aromatic hydroxyl groups is 1. The Labute approximate surface area is 105 Å². The van der Waals surface area contributed by atoms with Crippen LogP contribution in [0, 0.1) is 0 Å². The first-order valence-corrected chi connectivity index (χ1v) is 5.71. The predicted molar refractivity (Wildman–Crippen MR) is 64.9 cm³/mol. The number of hydrogen-bond donors (Lipinski definition) is 1. The third kappa shape index (κ3) is 1.83. The summed E-state index contributed by atoms with van der Waals surface area (Å²) in [6.45, 7) is 0. The van der Waals surface area contributed by atoms with E-state index in [4.69, 9.17) is 9.47 Å². The molecule has 1 aromatic carbocycles. The van der Waals surface area contributed by atoms with Gasteiger partial charge in [0.15, 0.2) is 11.5 Å². The lowest BCUT2D eigenvalue weighted by Gasteiger charge is -2.38. The Morgan fingerprint density at radius 1 is 1.28 bits per heavy atom. The summed E-state index contributed by atoms with van der Waals surface area (Å²) in [6, 6.07) is 3.16. The van der Waals surface area contributed by atoms with Crippen LogP contribution >= 0.6 is 0 Å². The van der Waals surface area contributed by atoms with Crippen molar-refractivity contribution in [3.05, 3.63) is 17.7 Å². The molecule has 1 aliphatic rings. The number of phenols is 1. The van der Waals surface area contributed by atoms with Gasteiger partial charge in [-0.3, -0.25) is 0 Å². The largest absolute Gasteiger partial charge is 0.504 e. The van der Waals surface area contributed by atoms with Crippen molar-refractivity contribution in [2.24, 2.45) is 4.99 Å². The van der Waals surface area contributed by atoms with E-state index in [2.05, 4.69) is 4.99 Å². The number of nitrogens with zero attached hydrogens (tertiary/aromatic N) is 1. The van der Waals surface area contributed by atoms with E-state index < -0.39 is 5.54 Å². The Hall–Kier alpha value is -2.00. The minimum absolute atomic E-state index is 0.0145. The molecule has 0 bridgehead atoms. The predicted octanol–water partition coefficient (Wildman–Crippen LogP) is 2.12. The second-order valence-corrected chi connectivity index (χ2v) is 4.31. The number of ether oxygens (including phenoxy) is 2. The molecular formula is C13H15NO4. The zero-order valence-electron chi connectivity index (χ0n) is 10.4. The summed E-state index contributed by atoms with van der Waals surface area (Å²) in [5.74, 6) is 0.907. The smallest absolute Gasteiger partial charge is 0.235 e. The molecule has 0 amide bonds. The SMILES string of the molecule is COc1cc(OC)c(C2(N=C=O)CCC2)cc1O. The van der Waals surface area contributed by atoms with E-state index in [1.165, 1.54) is 14.2 Å². The van der Waals surface area contributed by atoms with Gasteiger partial charge >= 0.3 is 0 Å². The fraction of sp³-hybridized carbons (Fsp3) is 0.462. The number of phenolic OH excluding ortho intramolecular Hbond substituents is 1. The topological polar surface area (TPSA) is 68.1 Å². The van der Waals surface area contributed by atoms with E-state index in [9.17, 15) is 9.90 Å². The summed E-state index contributed by atoms with van der Waals surface area (Å²) >= 11 is 0. The fourth-order valence-corrected chi connectivity index (χ4v) is 2.29. The Morgan fingerprint density at radius 2 is 1.94 bits per heavy atom. The maximum atomic E-state index is 10.6. The van der Waals surface area contributed by atoms with E-state index in [-0.39, 0.29) is 5.75 Å². The van der Waals surface area contributed by atoms with Crippen LogP contribution in [-0.2, 0) is 10.3 Å². The van der Waals surface area contributed by atoms with Crippen LogP contribution in [0.4, 0.5) is 0 Å². The lowest BCUT2D eigenvalue weighted by molar-refractivity contribution is 0.244. The molecule has 1 aromatic rings. The number of benzene rings is 1. The lowest BCUT2D eigenvalue weighted by atomic mass is 9.72. The molecule has 5 heteroatoms. The molecule has 0 spiro atoms. The highest BCUT2D eigenvalue weighted by Crippen LogP contribution is 2.50. The molecule has 0 unspecified atom stereocenters. The first kappa shape index (κ1) is 12.5. The Kier molecular flexibility index (Phi) is 3.26. The highest BCUT2D eigenvalue weighted by atomic mass is 16.5. The van der Waals surface area contributed by atoms with Crippen LogP contribution in [0.15, 0.2) is 17.1 Å². The summed E-state index contributed by atoms with van der Waals surface area (Å²) in [5.41, 5.74) is 0.106. The van der Waals surface area contributed by atoms with E-state index in [0.29, 0.717) is 17.1 Å². The van der Waals surface area contributed by atoms with Crippen LogP contribution in [0.25, 0.3) is 0 Å². The van der Waals surface area contributed by atoms with Crippen LogP contribution in [0.2, 0.25) is 0 Å². The van der Waals surface area contributed by atoms with Crippen molar-refractivity contribution in [2.75, 3.05) is 14.2 Å². The molecule has 0 atom stereocenters. The summed E-state index contributed by atoms with van der Waals surface area (Å²) in [7, 11) is 3.00. The third-order valence-electron chi connectivity index (χ3n) is 3.44. The molecule has 0 aromatic heterocycles. The lowest BCUT2D eigenvalue weighted by Crippen LogP contribution is -2.32. The van der Waals surface area contributed by atoms with Gasteiger partial charge in [0, 0.05) is 11.6 Å². The molecule has 5 nitrogen and oxygen atoms in total. The van der Waals surface area contributed by atoms with E-state index in [1.807, 2.05) is 0 Å². The van der Waals surface area contributed by atoms with Gasteiger partial charge in [-0.05, 0) is 25.3 Å². The molecule has 96 valence electrons. The number of hydrogen-bond acceptors (Lipinski definition) is 5. The van der Waals surface area contributed by atoms with Gasteiger partial charge in [-0.25, -0.2) is 4.79 Å². The summed E-state index contributed by atoms with van der Waals surface area (Å²) in [5, 5.41) is 9.84. The van der Waals surface area contributed by atoms with Gasteiger partial charge in [0.2, 0.25) is 6.08 Å². The highest BCUT2D eigenvalue weighted by molar-refractivity contribution is 5.54. The monoisotopic (exact) mass is 249 g/mol. The molecule has 18 heavy (non-hydrogen) atoms. The molecule has 0 aliphatic heterocycles. The van der Waals surface area contributed by atoms with Crippen molar-refractivity contribution in [1.82, 2.24) is 0 Å². The maximum absolute atomic E-state index is 10.6. The van der Waals surface area contributed by atoms with E-state index >= 15 is 0 Å². The second kappa shape index (κ2) is 4.70. The van der Waals surface area contributed by atoms with Crippen LogP contribution < -0.4 is 9.47 Å². The molecule has 2 rings (SSSR count). The molecule has 0 radical (unpaired) electrons. The van der Waals surface area contributed by atoms with Gasteiger partial charge in [-0.2, -0.15) is 4.99 Å². The maximum Gasteiger partial charge on any atom is 0.235 e. The van der Waals surface area contributed by atoms with Crippen molar-refractivity contribution in [2.45, 2.75) is 24.8 Å². The van der Waals surface area contributed by atoms with Crippen LogP contribution in [0.5, 0.6) is 17.2 Å². The van der Waals surface area contributed by atoms with Gasteiger partial charge in [0.1, 0.15) is 11.3 Å². The first-order valence-electron chi connectivity index (χ1n) is 5.71. The average molecular weight is 249 g/mol. The zero-order chi connectivity index (χ0) is 13.2. The molecule has 1 saturated carbocycles. The summed E-state index contributed by atoms with van der Waals surface area (Å²) < 4.78 is 10.3. The van der Waals surface area contributed by atoms with Crippen LogP contribution in [0.3, 0.4) is 0 Å². The average Bonchev–Trinajstić information content (AvgIpc) is 2.33. The number of carbonyl (C=O) groups excluding carboxylic acids is 1. The van der Waals surface area contributed by atoms with Gasteiger partial charge < -0.3 is 14.6 Å². The van der Waals surface area contributed by atoms with Gasteiger partial charge in [0.25, 0.3) is 0 Å². The molecule has 1 fully saturated rings. The number of isocyanates is 1. The van der Waals surface area contributed by atoms with Crippen molar-refractivity contribution in [3.8, 4) is 17.2 Å².